The SMILES string of the molecule is O=C1C=C(CC2C=CCCC2)CC1. The van der Waals surface area contributed by atoms with Crippen molar-refractivity contribution < 1.29 is 4.79 Å². The van der Waals surface area contributed by atoms with Crippen LogP contribution in [-0.4, -0.2) is 5.78 Å². The molecular weight excluding hydrogens is 160 g/mol. The van der Waals surface area contributed by atoms with Crippen LogP contribution in [0.3, 0.4) is 0 Å². The number of rotatable bonds is 2. The zero-order valence-electron chi connectivity index (χ0n) is 7.96. The van der Waals surface area contributed by atoms with E-state index in [1.807, 2.05) is 6.08 Å². The van der Waals surface area contributed by atoms with E-state index in [9.17, 15) is 4.79 Å². The van der Waals surface area contributed by atoms with E-state index in [0.29, 0.717) is 11.7 Å². The lowest BCUT2D eigenvalue weighted by Gasteiger charge is -2.16. The molecule has 0 heterocycles. The Kier molecular flexibility index (Phi) is 2.62. The average Bonchev–Trinajstić information content (AvgIpc) is 2.53. The van der Waals surface area contributed by atoms with E-state index in [2.05, 4.69) is 12.2 Å². The van der Waals surface area contributed by atoms with Gasteiger partial charge in [-0.3, -0.25) is 4.79 Å². The van der Waals surface area contributed by atoms with Gasteiger partial charge in [0.2, 0.25) is 0 Å². The van der Waals surface area contributed by atoms with Crippen molar-refractivity contribution in [1.29, 1.82) is 0 Å². The predicted octanol–water partition coefficient (Wildman–Crippen LogP) is 3.02. The van der Waals surface area contributed by atoms with E-state index >= 15 is 0 Å². The maximum Gasteiger partial charge on any atom is 0.155 e. The molecule has 0 fully saturated rings. The number of allylic oxidation sites excluding steroid dienone is 4. The second-order valence-corrected chi connectivity index (χ2v) is 4.09. The maximum absolute atomic E-state index is 11.0. The molecule has 0 aromatic heterocycles. The molecule has 2 rings (SSSR count). The lowest BCUT2D eigenvalue weighted by molar-refractivity contribution is -0.114. The molecule has 0 radical (unpaired) electrons. The molecule has 2 aliphatic rings. The highest BCUT2D eigenvalue weighted by molar-refractivity contribution is 5.92. The third-order valence-corrected chi connectivity index (χ3v) is 2.94. The molecule has 1 unspecified atom stereocenters. The summed E-state index contributed by atoms with van der Waals surface area (Å²) in [6, 6.07) is 0. The van der Waals surface area contributed by atoms with Gasteiger partial charge in [0.1, 0.15) is 0 Å². The highest BCUT2D eigenvalue weighted by atomic mass is 16.1. The van der Waals surface area contributed by atoms with Crippen LogP contribution in [0.4, 0.5) is 0 Å². The first kappa shape index (κ1) is 8.74. The van der Waals surface area contributed by atoms with Crippen LogP contribution in [0, 0.1) is 5.92 Å². The number of carbonyl (C=O) groups is 1. The maximum atomic E-state index is 11.0. The summed E-state index contributed by atoms with van der Waals surface area (Å²) in [5, 5.41) is 0. The van der Waals surface area contributed by atoms with Gasteiger partial charge in [0.25, 0.3) is 0 Å². The van der Waals surface area contributed by atoms with Gasteiger partial charge in [0.05, 0.1) is 0 Å². The minimum absolute atomic E-state index is 0.329. The third kappa shape index (κ3) is 2.30. The van der Waals surface area contributed by atoms with Crippen LogP contribution in [0.25, 0.3) is 0 Å². The standard InChI is InChI=1S/C12H16O/c13-12-7-6-11(9-12)8-10-4-2-1-3-5-10/h2,4,9-10H,1,3,5-8H2. The van der Waals surface area contributed by atoms with Crippen LogP contribution in [0.15, 0.2) is 23.8 Å². The molecule has 70 valence electrons. The summed E-state index contributed by atoms with van der Waals surface area (Å²) in [6.07, 6.45) is 13.2. The van der Waals surface area contributed by atoms with Crippen LogP contribution < -0.4 is 0 Å². The zero-order valence-corrected chi connectivity index (χ0v) is 7.96. The minimum atomic E-state index is 0.329. The number of hydrogen-bond donors (Lipinski definition) is 0. The summed E-state index contributed by atoms with van der Waals surface area (Å²) < 4.78 is 0. The van der Waals surface area contributed by atoms with Gasteiger partial charge in [-0.1, -0.05) is 17.7 Å². The molecule has 13 heavy (non-hydrogen) atoms. The number of hydrogen-bond acceptors (Lipinski definition) is 1. The summed E-state index contributed by atoms with van der Waals surface area (Å²) in [5.41, 5.74) is 1.38. The Morgan fingerprint density at radius 3 is 2.92 bits per heavy atom. The van der Waals surface area contributed by atoms with E-state index in [4.69, 9.17) is 0 Å². The van der Waals surface area contributed by atoms with Crippen molar-refractivity contribution in [3.05, 3.63) is 23.8 Å². The molecule has 0 aliphatic heterocycles. The predicted molar refractivity (Wildman–Crippen MR) is 53.4 cm³/mol. The van der Waals surface area contributed by atoms with E-state index in [-0.39, 0.29) is 0 Å². The summed E-state index contributed by atoms with van der Waals surface area (Å²) in [5.74, 6) is 1.04. The van der Waals surface area contributed by atoms with Crippen molar-refractivity contribution >= 4 is 5.78 Å². The lowest BCUT2D eigenvalue weighted by Crippen LogP contribution is -2.01. The summed E-state index contributed by atoms with van der Waals surface area (Å²) in [4.78, 5) is 11.0. The van der Waals surface area contributed by atoms with E-state index < -0.39 is 0 Å². The van der Waals surface area contributed by atoms with Crippen LogP contribution in [0.2, 0.25) is 0 Å². The van der Waals surface area contributed by atoms with Gasteiger partial charge in [0.15, 0.2) is 5.78 Å². The minimum Gasteiger partial charge on any atom is -0.295 e. The molecular formula is C12H16O. The van der Waals surface area contributed by atoms with Crippen molar-refractivity contribution in [3.63, 3.8) is 0 Å². The molecule has 1 heteroatoms. The monoisotopic (exact) mass is 176 g/mol. The largest absolute Gasteiger partial charge is 0.295 e. The third-order valence-electron chi connectivity index (χ3n) is 2.94. The molecule has 0 N–H and O–H groups in total. The quantitative estimate of drug-likeness (QED) is 0.591. The van der Waals surface area contributed by atoms with Crippen molar-refractivity contribution in [1.82, 2.24) is 0 Å². The molecule has 2 aliphatic carbocycles. The van der Waals surface area contributed by atoms with E-state index in [1.165, 1.54) is 24.8 Å². The molecule has 0 saturated carbocycles. The van der Waals surface area contributed by atoms with E-state index in [0.717, 1.165) is 19.3 Å². The molecule has 0 bridgehead atoms. The smallest absolute Gasteiger partial charge is 0.155 e. The molecule has 0 spiro atoms. The lowest BCUT2D eigenvalue weighted by atomic mass is 9.90. The Bertz CT molecular complexity index is 260. The van der Waals surface area contributed by atoms with Crippen LogP contribution in [-0.2, 0) is 4.79 Å². The fraction of sp³-hybridized carbons (Fsp3) is 0.583. The second-order valence-electron chi connectivity index (χ2n) is 4.09. The summed E-state index contributed by atoms with van der Waals surface area (Å²) >= 11 is 0. The van der Waals surface area contributed by atoms with Gasteiger partial charge in [-0.2, -0.15) is 0 Å². The molecule has 0 aromatic rings. The van der Waals surface area contributed by atoms with Crippen molar-refractivity contribution in [2.45, 2.75) is 38.5 Å². The Morgan fingerprint density at radius 2 is 2.31 bits per heavy atom. The zero-order chi connectivity index (χ0) is 9.10. The second kappa shape index (κ2) is 3.91. The van der Waals surface area contributed by atoms with Crippen molar-refractivity contribution in [2.75, 3.05) is 0 Å². The number of ketones is 1. The van der Waals surface area contributed by atoms with Crippen molar-refractivity contribution in [3.8, 4) is 0 Å². The Morgan fingerprint density at radius 1 is 1.38 bits per heavy atom. The Balaban J connectivity index is 1.90. The first-order valence-electron chi connectivity index (χ1n) is 5.23. The van der Waals surface area contributed by atoms with Crippen LogP contribution in [0.5, 0.6) is 0 Å². The van der Waals surface area contributed by atoms with Gasteiger partial charge in [-0.25, -0.2) is 0 Å². The highest BCUT2D eigenvalue weighted by Gasteiger charge is 2.16. The molecule has 0 saturated heterocycles. The first-order valence-corrected chi connectivity index (χ1v) is 5.23. The average molecular weight is 176 g/mol. The topological polar surface area (TPSA) is 17.1 Å². The molecule has 0 aromatic carbocycles. The summed E-state index contributed by atoms with van der Waals surface area (Å²) in [7, 11) is 0. The molecule has 0 amide bonds. The fourth-order valence-electron chi connectivity index (χ4n) is 2.21. The first-order chi connectivity index (χ1) is 6.34. The Labute approximate surface area is 79.5 Å². The van der Waals surface area contributed by atoms with Crippen LogP contribution >= 0.6 is 0 Å². The highest BCUT2D eigenvalue weighted by Crippen LogP contribution is 2.28. The van der Waals surface area contributed by atoms with Crippen molar-refractivity contribution in [2.24, 2.45) is 5.92 Å². The van der Waals surface area contributed by atoms with Gasteiger partial charge < -0.3 is 0 Å². The van der Waals surface area contributed by atoms with E-state index in [1.54, 1.807) is 0 Å². The Hall–Kier alpha value is -0.850. The normalized spacial score (nSPS) is 27.8. The fourth-order valence-corrected chi connectivity index (χ4v) is 2.21. The van der Waals surface area contributed by atoms with Gasteiger partial charge in [-0.15, -0.1) is 0 Å². The molecule has 1 nitrogen and oxygen atoms in total. The van der Waals surface area contributed by atoms with Gasteiger partial charge in [0, 0.05) is 6.42 Å². The van der Waals surface area contributed by atoms with Gasteiger partial charge >= 0.3 is 0 Å². The van der Waals surface area contributed by atoms with Gasteiger partial charge in [-0.05, 0) is 44.1 Å². The summed E-state index contributed by atoms with van der Waals surface area (Å²) in [6.45, 7) is 0. The van der Waals surface area contributed by atoms with Crippen LogP contribution in [0.1, 0.15) is 38.5 Å². The molecule has 1 atom stereocenters. The number of carbonyl (C=O) groups excluding carboxylic acids is 1.